The van der Waals surface area contributed by atoms with Crippen molar-refractivity contribution in [2.45, 2.75) is 23.6 Å². The van der Waals surface area contributed by atoms with Crippen LogP contribution in [-0.2, 0) is 11.3 Å². The molecule has 2 nitrogen and oxygen atoms in total. The summed E-state index contributed by atoms with van der Waals surface area (Å²) in [5.41, 5.74) is 0.743. The predicted molar refractivity (Wildman–Crippen MR) is 85.0 cm³/mol. The molecule has 5 heteroatoms. The van der Waals surface area contributed by atoms with Crippen molar-refractivity contribution >= 4 is 29.3 Å². The molecule has 1 amide bonds. The fourth-order valence-corrected chi connectivity index (χ4v) is 2.77. The second-order valence-corrected chi connectivity index (χ2v) is 6.41. The van der Waals surface area contributed by atoms with Gasteiger partial charge in [0.15, 0.2) is 0 Å². The fraction of sp³-hybridized carbons (Fsp3) is 0.188. The Hall–Kier alpha value is -1.52. The van der Waals surface area contributed by atoms with Gasteiger partial charge in [-0.3, -0.25) is 4.79 Å². The molecule has 1 unspecified atom stereocenters. The highest BCUT2D eigenvalue weighted by Crippen LogP contribution is 2.24. The Morgan fingerprint density at radius 1 is 1.29 bits per heavy atom. The summed E-state index contributed by atoms with van der Waals surface area (Å²) >= 11 is 7.28. The molecule has 2 aromatic carbocycles. The Kier molecular flexibility index (Phi) is 5.65. The second-order valence-electron chi connectivity index (χ2n) is 4.56. The molecule has 0 bridgehead atoms. The summed E-state index contributed by atoms with van der Waals surface area (Å²) in [5, 5.41) is 3.24. The van der Waals surface area contributed by atoms with E-state index in [-0.39, 0.29) is 17.0 Å². The molecule has 2 aromatic rings. The number of nitrogens with one attached hydrogen (secondary N) is 1. The van der Waals surface area contributed by atoms with Crippen LogP contribution in [0.3, 0.4) is 0 Å². The Morgan fingerprint density at radius 2 is 2.00 bits per heavy atom. The lowest BCUT2D eigenvalue weighted by Crippen LogP contribution is -2.30. The number of hydrogen-bond donors (Lipinski definition) is 1. The molecule has 1 N–H and O–H groups in total. The van der Waals surface area contributed by atoms with Crippen LogP contribution in [0.15, 0.2) is 53.4 Å². The number of rotatable bonds is 5. The third kappa shape index (κ3) is 5.06. The summed E-state index contributed by atoms with van der Waals surface area (Å²) in [6.45, 7) is 2.16. The molecule has 2 rings (SSSR count). The van der Waals surface area contributed by atoms with Crippen molar-refractivity contribution in [1.29, 1.82) is 0 Å². The van der Waals surface area contributed by atoms with E-state index >= 15 is 0 Å². The van der Waals surface area contributed by atoms with E-state index in [1.807, 2.05) is 19.1 Å². The van der Waals surface area contributed by atoms with Crippen molar-refractivity contribution in [3.8, 4) is 0 Å². The molecule has 21 heavy (non-hydrogen) atoms. The van der Waals surface area contributed by atoms with Crippen molar-refractivity contribution in [2.24, 2.45) is 0 Å². The molecule has 0 spiro atoms. The van der Waals surface area contributed by atoms with Gasteiger partial charge in [0, 0.05) is 16.5 Å². The zero-order valence-electron chi connectivity index (χ0n) is 11.5. The van der Waals surface area contributed by atoms with Crippen LogP contribution in [-0.4, -0.2) is 11.2 Å². The molecule has 0 aliphatic carbocycles. The molecular formula is C16H15ClFNOS. The van der Waals surface area contributed by atoms with Gasteiger partial charge in [-0.2, -0.15) is 0 Å². The maximum absolute atomic E-state index is 13.0. The van der Waals surface area contributed by atoms with Crippen LogP contribution in [0.2, 0.25) is 5.02 Å². The Bertz CT molecular complexity index is 618. The molecule has 0 saturated carbocycles. The fourth-order valence-electron chi connectivity index (χ4n) is 1.75. The minimum absolute atomic E-state index is 0.0841. The highest BCUT2D eigenvalue weighted by molar-refractivity contribution is 8.00. The van der Waals surface area contributed by atoms with Crippen molar-refractivity contribution in [3.05, 3.63) is 64.9 Å². The molecule has 0 saturated heterocycles. The normalized spacial score (nSPS) is 12.0. The lowest BCUT2D eigenvalue weighted by molar-refractivity contribution is -0.120. The van der Waals surface area contributed by atoms with Crippen molar-refractivity contribution in [2.75, 3.05) is 0 Å². The highest BCUT2D eigenvalue weighted by atomic mass is 35.5. The average molecular weight is 324 g/mol. The van der Waals surface area contributed by atoms with Gasteiger partial charge in [0.1, 0.15) is 5.82 Å². The summed E-state index contributed by atoms with van der Waals surface area (Å²) in [6, 6.07) is 13.5. The predicted octanol–water partition coefficient (Wildman–Crippen LogP) is 4.28. The van der Waals surface area contributed by atoms with Crippen molar-refractivity contribution < 1.29 is 9.18 Å². The van der Waals surface area contributed by atoms with E-state index < -0.39 is 0 Å². The molecular weight excluding hydrogens is 309 g/mol. The van der Waals surface area contributed by atoms with E-state index in [0.29, 0.717) is 11.6 Å². The van der Waals surface area contributed by atoms with E-state index in [2.05, 4.69) is 5.32 Å². The first-order chi connectivity index (χ1) is 10.0. The number of thioether (sulfide) groups is 1. The number of amides is 1. The van der Waals surface area contributed by atoms with Gasteiger partial charge < -0.3 is 5.32 Å². The van der Waals surface area contributed by atoms with E-state index in [4.69, 9.17) is 11.6 Å². The molecule has 110 valence electrons. The van der Waals surface area contributed by atoms with Crippen LogP contribution < -0.4 is 5.32 Å². The largest absolute Gasteiger partial charge is 0.351 e. The van der Waals surface area contributed by atoms with Crippen LogP contribution in [0.5, 0.6) is 0 Å². The third-order valence-corrected chi connectivity index (χ3v) is 4.22. The van der Waals surface area contributed by atoms with E-state index in [1.165, 1.54) is 23.9 Å². The summed E-state index contributed by atoms with van der Waals surface area (Å²) in [7, 11) is 0. The van der Waals surface area contributed by atoms with Crippen LogP contribution in [0.25, 0.3) is 0 Å². The number of carbonyl (C=O) groups is 1. The van der Waals surface area contributed by atoms with Crippen molar-refractivity contribution in [3.63, 3.8) is 0 Å². The van der Waals surface area contributed by atoms with Gasteiger partial charge in [0.2, 0.25) is 5.91 Å². The molecule has 0 aliphatic heterocycles. The quantitative estimate of drug-likeness (QED) is 0.832. The maximum Gasteiger partial charge on any atom is 0.233 e. The third-order valence-electron chi connectivity index (χ3n) is 2.85. The van der Waals surface area contributed by atoms with Crippen LogP contribution in [0, 0.1) is 5.82 Å². The summed E-state index contributed by atoms with van der Waals surface area (Å²) in [4.78, 5) is 13.0. The van der Waals surface area contributed by atoms with Gasteiger partial charge >= 0.3 is 0 Å². The zero-order valence-corrected chi connectivity index (χ0v) is 13.0. The van der Waals surface area contributed by atoms with Gasteiger partial charge in [-0.25, -0.2) is 4.39 Å². The smallest absolute Gasteiger partial charge is 0.233 e. The van der Waals surface area contributed by atoms with Gasteiger partial charge in [-0.15, -0.1) is 11.8 Å². The van der Waals surface area contributed by atoms with E-state index in [1.54, 1.807) is 24.3 Å². The highest BCUT2D eigenvalue weighted by Gasteiger charge is 2.14. The second kappa shape index (κ2) is 7.48. The van der Waals surface area contributed by atoms with E-state index in [9.17, 15) is 9.18 Å². The number of carbonyl (C=O) groups excluding carboxylic acids is 1. The van der Waals surface area contributed by atoms with Gasteiger partial charge in [-0.1, -0.05) is 23.7 Å². The lowest BCUT2D eigenvalue weighted by Gasteiger charge is -2.12. The SMILES string of the molecule is CC(Sc1ccc(Cl)cc1)C(=O)NCc1cccc(F)c1. The number of halogens is 2. The first kappa shape index (κ1) is 15.9. The average Bonchev–Trinajstić information content (AvgIpc) is 2.47. The molecule has 0 fully saturated rings. The summed E-state index contributed by atoms with van der Waals surface area (Å²) in [6.07, 6.45) is 0. The monoisotopic (exact) mass is 323 g/mol. The van der Waals surface area contributed by atoms with Crippen LogP contribution >= 0.6 is 23.4 Å². The van der Waals surface area contributed by atoms with Gasteiger partial charge in [-0.05, 0) is 48.9 Å². The molecule has 1 atom stereocenters. The topological polar surface area (TPSA) is 29.1 Å². The zero-order chi connectivity index (χ0) is 15.2. The van der Waals surface area contributed by atoms with Gasteiger partial charge in [0.25, 0.3) is 0 Å². The summed E-state index contributed by atoms with van der Waals surface area (Å²) < 4.78 is 13.0. The molecule has 0 heterocycles. The van der Waals surface area contributed by atoms with Crippen LogP contribution in [0.4, 0.5) is 4.39 Å². The Balaban J connectivity index is 1.86. The molecule has 0 radical (unpaired) electrons. The molecule has 0 aromatic heterocycles. The standard InChI is InChI=1S/C16H15ClFNOS/c1-11(21-15-7-5-13(17)6-8-15)16(20)19-10-12-3-2-4-14(18)9-12/h2-9,11H,10H2,1H3,(H,19,20). The first-order valence-corrected chi connectivity index (χ1v) is 7.75. The summed E-state index contributed by atoms with van der Waals surface area (Å²) in [5.74, 6) is -0.385. The van der Waals surface area contributed by atoms with E-state index in [0.717, 1.165) is 10.5 Å². The Labute approximate surface area is 132 Å². The first-order valence-electron chi connectivity index (χ1n) is 6.49. The maximum atomic E-state index is 13.0. The number of hydrogen-bond acceptors (Lipinski definition) is 2. The lowest BCUT2D eigenvalue weighted by atomic mass is 10.2. The molecule has 0 aliphatic rings. The minimum atomic E-state index is -0.301. The van der Waals surface area contributed by atoms with Crippen LogP contribution in [0.1, 0.15) is 12.5 Å². The van der Waals surface area contributed by atoms with Gasteiger partial charge in [0.05, 0.1) is 5.25 Å². The van der Waals surface area contributed by atoms with Crippen molar-refractivity contribution in [1.82, 2.24) is 5.32 Å². The number of benzene rings is 2. The Morgan fingerprint density at radius 3 is 2.67 bits per heavy atom. The minimum Gasteiger partial charge on any atom is -0.351 e.